The third-order valence-electron chi connectivity index (χ3n) is 2.24. The number of aliphatic hydroxyl groups excluding tert-OH is 1. The lowest BCUT2D eigenvalue weighted by Gasteiger charge is -2.03. The van der Waals surface area contributed by atoms with Crippen LogP contribution in [0.15, 0.2) is 12.4 Å². The summed E-state index contributed by atoms with van der Waals surface area (Å²) in [5.74, 6) is 0. The second-order valence-corrected chi connectivity index (χ2v) is 5.87. The number of rotatable bonds is 9. The van der Waals surface area contributed by atoms with Gasteiger partial charge in [0.2, 0.25) is 10.0 Å². The Morgan fingerprint density at radius 2 is 2.22 bits per heavy atom. The van der Waals surface area contributed by atoms with Crippen molar-refractivity contribution in [1.82, 2.24) is 19.8 Å². The number of nitrogens with zero attached hydrogens (tertiary/aromatic N) is 2. The van der Waals surface area contributed by atoms with Crippen LogP contribution in [0.25, 0.3) is 0 Å². The Labute approximate surface area is 107 Å². The minimum Gasteiger partial charge on any atom is -0.394 e. The highest BCUT2D eigenvalue weighted by Crippen LogP contribution is 1.96. The monoisotopic (exact) mass is 276 g/mol. The molecule has 0 fully saturated rings. The molecule has 0 spiro atoms. The molecule has 0 aliphatic carbocycles. The van der Waals surface area contributed by atoms with Crippen LogP contribution in [0.5, 0.6) is 0 Å². The van der Waals surface area contributed by atoms with Gasteiger partial charge >= 0.3 is 0 Å². The molecule has 1 heterocycles. The zero-order chi connectivity index (χ0) is 13.4. The van der Waals surface area contributed by atoms with E-state index < -0.39 is 10.0 Å². The standard InChI is InChI=1S/C10H20N4O3S/c1-18(16,17)13-4-2-3-11-7-10-8-12-14(9-10)5-6-15/h8-9,11,13,15H,2-7H2,1H3. The lowest BCUT2D eigenvalue weighted by atomic mass is 10.3. The van der Waals surface area contributed by atoms with Gasteiger partial charge in [0, 0.05) is 24.8 Å². The maximum Gasteiger partial charge on any atom is 0.208 e. The molecule has 0 unspecified atom stereocenters. The number of nitrogens with one attached hydrogen (secondary N) is 2. The average molecular weight is 276 g/mol. The molecule has 0 atom stereocenters. The Morgan fingerprint density at radius 3 is 2.89 bits per heavy atom. The third-order valence-corrected chi connectivity index (χ3v) is 2.97. The topological polar surface area (TPSA) is 96.3 Å². The number of hydrogen-bond donors (Lipinski definition) is 3. The Hall–Kier alpha value is -0.960. The normalized spacial score (nSPS) is 11.9. The second kappa shape index (κ2) is 7.47. The van der Waals surface area contributed by atoms with Gasteiger partial charge in [-0.05, 0) is 13.0 Å². The zero-order valence-corrected chi connectivity index (χ0v) is 11.3. The summed E-state index contributed by atoms with van der Waals surface area (Å²) in [5.41, 5.74) is 1.04. The fraction of sp³-hybridized carbons (Fsp3) is 0.700. The van der Waals surface area contributed by atoms with Crippen LogP contribution < -0.4 is 10.0 Å². The lowest BCUT2D eigenvalue weighted by molar-refractivity contribution is 0.269. The molecule has 104 valence electrons. The maximum absolute atomic E-state index is 10.8. The number of hydrogen-bond acceptors (Lipinski definition) is 5. The fourth-order valence-electron chi connectivity index (χ4n) is 1.43. The van der Waals surface area contributed by atoms with Gasteiger partial charge in [0.05, 0.1) is 25.6 Å². The van der Waals surface area contributed by atoms with Crippen molar-refractivity contribution < 1.29 is 13.5 Å². The van der Waals surface area contributed by atoms with Crippen molar-refractivity contribution in [3.8, 4) is 0 Å². The minimum atomic E-state index is -3.08. The number of aromatic nitrogens is 2. The molecule has 0 amide bonds. The zero-order valence-electron chi connectivity index (χ0n) is 10.5. The number of sulfonamides is 1. The van der Waals surface area contributed by atoms with Crippen LogP contribution in [0.1, 0.15) is 12.0 Å². The van der Waals surface area contributed by atoms with E-state index in [0.29, 0.717) is 19.6 Å². The van der Waals surface area contributed by atoms with E-state index in [1.807, 2.05) is 6.20 Å². The molecule has 0 aliphatic rings. The van der Waals surface area contributed by atoms with Gasteiger partial charge in [0.25, 0.3) is 0 Å². The van der Waals surface area contributed by atoms with E-state index in [1.165, 1.54) is 0 Å². The van der Waals surface area contributed by atoms with Crippen LogP contribution in [0.2, 0.25) is 0 Å². The summed E-state index contributed by atoms with van der Waals surface area (Å²) in [6.07, 6.45) is 5.50. The molecule has 0 radical (unpaired) electrons. The summed E-state index contributed by atoms with van der Waals surface area (Å²) in [5, 5.41) is 16.0. The number of aliphatic hydroxyl groups is 1. The minimum absolute atomic E-state index is 0.0751. The van der Waals surface area contributed by atoms with E-state index in [-0.39, 0.29) is 6.61 Å². The molecule has 0 saturated carbocycles. The fourth-order valence-corrected chi connectivity index (χ4v) is 1.94. The molecular weight excluding hydrogens is 256 g/mol. The van der Waals surface area contributed by atoms with E-state index >= 15 is 0 Å². The van der Waals surface area contributed by atoms with E-state index in [2.05, 4.69) is 15.1 Å². The van der Waals surface area contributed by atoms with Crippen LogP contribution in [0.3, 0.4) is 0 Å². The van der Waals surface area contributed by atoms with Crippen LogP contribution in [0, 0.1) is 0 Å². The lowest BCUT2D eigenvalue weighted by Crippen LogP contribution is -2.26. The van der Waals surface area contributed by atoms with Crippen LogP contribution >= 0.6 is 0 Å². The molecule has 3 N–H and O–H groups in total. The average Bonchev–Trinajstić information content (AvgIpc) is 2.70. The Morgan fingerprint density at radius 1 is 1.44 bits per heavy atom. The van der Waals surface area contributed by atoms with Gasteiger partial charge in [0.15, 0.2) is 0 Å². The van der Waals surface area contributed by atoms with Crippen LogP contribution in [-0.2, 0) is 23.1 Å². The molecule has 0 aromatic carbocycles. The molecule has 0 aliphatic heterocycles. The largest absolute Gasteiger partial charge is 0.394 e. The Balaban J connectivity index is 2.10. The second-order valence-electron chi connectivity index (χ2n) is 4.03. The van der Waals surface area contributed by atoms with Gasteiger partial charge in [-0.1, -0.05) is 0 Å². The molecule has 0 bridgehead atoms. The highest BCUT2D eigenvalue weighted by Gasteiger charge is 2.00. The van der Waals surface area contributed by atoms with E-state index in [0.717, 1.165) is 24.8 Å². The van der Waals surface area contributed by atoms with Gasteiger partial charge in [-0.2, -0.15) is 5.10 Å². The molecule has 8 heteroatoms. The molecule has 1 aromatic heterocycles. The van der Waals surface area contributed by atoms with Crippen molar-refractivity contribution >= 4 is 10.0 Å². The molecule has 1 rings (SSSR count). The highest BCUT2D eigenvalue weighted by molar-refractivity contribution is 7.88. The van der Waals surface area contributed by atoms with Crippen molar-refractivity contribution in [2.45, 2.75) is 19.5 Å². The maximum atomic E-state index is 10.8. The van der Waals surface area contributed by atoms with Gasteiger partial charge in [0.1, 0.15) is 0 Å². The Kier molecular flexibility index (Phi) is 6.27. The third kappa shape index (κ3) is 6.70. The Bertz CT molecular complexity index is 444. The predicted octanol–water partition coefficient (Wildman–Crippen LogP) is -1.10. The summed E-state index contributed by atoms with van der Waals surface area (Å²) >= 11 is 0. The van der Waals surface area contributed by atoms with E-state index in [4.69, 9.17) is 5.11 Å². The van der Waals surface area contributed by atoms with E-state index in [9.17, 15) is 8.42 Å². The van der Waals surface area contributed by atoms with E-state index in [1.54, 1.807) is 10.9 Å². The summed E-state index contributed by atoms with van der Waals surface area (Å²) in [6.45, 7) is 2.43. The first-order valence-corrected chi connectivity index (χ1v) is 7.68. The molecular formula is C10H20N4O3S. The van der Waals surface area contributed by atoms with Gasteiger partial charge in [-0.25, -0.2) is 13.1 Å². The SMILES string of the molecule is CS(=O)(=O)NCCCNCc1cnn(CCO)c1. The highest BCUT2D eigenvalue weighted by atomic mass is 32.2. The quantitative estimate of drug-likeness (QED) is 0.498. The van der Waals surface area contributed by atoms with Gasteiger partial charge < -0.3 is 10.4 Å². The summed E-state index contributed by atoms with van der Waals surface area (Å²) < 4.78 is 25.7. The van der Waals surface area contributed by atoms with Crippen molar-refractivity contribution in [3.63, 3.8) is 0 Å². The van der Waals surface area contributed by atoms with Gasteiger partial charge in [-0.15, -0.1) is 0 Å². The van der Waals surface area contributed by atoms with Crippen molar-refractivity contribution in [3.05, 3.63) is 18.0 Å². The first-order chi connectivity index (χ1) is 8.51. The summed E-state index contributed by atoms with van der Waals surface area (Å²) in [6, 6.07) is 0. The predicted molar refractivity (Wildman–Crippen MR) is 68.5 cm³/mol. The van der Waals surface area contributed by atoms with Crippen LogP contribution in [-0.4, -0.2) is 49.3 Å². The first-order valence-electron chi connectivity index (χ1n) is 5.79. The smallest absolute Gasteiger partial charge is 0.208 e. The van der Waals surface area contributed by atoms with Crippen molar-refractivity contribution in [1.29, 1.82) is 0 Å². The molecule has 0 saturated heterocycles. The summed E-state index contributed by atoms with van der Waals surface area (Å²) in [7, 11) is -3.08. The molecule has 7 nitrogen and oxygen atoms in total. The van der Waals surface area contributed by atoms with Crippen LogP contribution in [0.4, 0.5) is 0 Å². The van der Waals surface area contributed by atoms with Gasteiger partial charge in [-0.3, -0.25) is 4.68 Å². The van der Waals surface area contributed by atoms with Crippen molar-refractivity contribution in [2.75, 3.05) is 26.0 Å². The molecule has 18 heavy (non-hydrogen) atoms. The summed E-state index contributed by atoms with van der Waals surface area (Å²) in [4.78, 5) is 0. The molecule has 1 aromatic rings. The first kappa shape index (κ1) is 15.1. The van der Waals surface area contributed by atoms with Crippen molar-refractivity contribution in [2.24, 2.45) is 0 Å².